The van der Waals surface area contributed by atoms with Crippen LogP contribution >= 0.6 is 0 Å². The van der Waals surface area contributed by atoms with Crippen molar-refractivity contribution in [1.29, 1.82) is 0 Å². The van der Waals surface area contributed by atoms with Gasteiger partial charge in [-0.05, 0) is 0 Å². The van der Waals surface area contributed by atoms with E-state index in [9.17, 15) is 29.8 Å². The van der Waals surface area contributed by atoms with Crippen molar-refractivity contribution >= 4 is 11.9 Å². The first-order valence-corrected chi connectivity index (χ1v) is 3.64. The highest BCUT2D eigenvalue weighted by atomic mass is 16.6. The van der Waals surface area contributed by atoms with Gasteiger partial charge >= 0.3 is 11.9 Å². The number of hydrogen-bond donors (Lipinski definition) is 2. The lowest BCUT2D eigenvalue weighted by Gasteiger charge is -1.84. The summed E-state index contributed by atoms with van der Waals surface area (Å²) in [5.74, 6) is -2.46. The zero-order valence-electron chi connectivity index (χ0n) is 7.81. The summed E-state index contributed by atoms with van der Waals surface area (Å²) in [7, 11) is 0. The molecule has 90 valence electrons. The summed E-state index contributed by atoms with van der Waals surface area (Å²) in [6, 6.07) is 0. The summed E-state index contributed by atoms with van der Waals surface area (Å²) < 4.78 is 0. The van der Waals surface area contributed by atoms with E-state index in [1.54, 1.807) is 0 Å². The van der Waals surface area contributed by atoms with Crippen molar-refractivity contribution < 1.29 is 29.6 Å². The molecule has 10 nitrogen and oxygen atoms in total. The molecule has 0 aliphatic heterocycles. The molecule has 0 aromatic heterocycles. The van der Waals surface area contributed by atoms with Crippen molar-refractivity contribution in [3.8, 4) is 0 Å². The smallest absolute Gasteiger partial charge is 0.334 e. The van der Waals surface area contributed by atoms with Crippen LogP contribution < -0.4 is 0 Å². The highest BCUT2D eigenvalue weighted by Crippen LogP contribution is 1.77. The normalized spacial score (nSPS) is 9.00. The highest BCUT2D eigenvalue weighted by Gasteiger charge is 2.01. The van der Waals surface area contributed by atoms with Gasteiger partial charge in [0.1, 0.15) is 6.42 Å². The van der Waals surface area contributed by atoms with Gasteiger partial charge in [-0.1, -0.05) is 0 Å². The van der Waals surface area contributed by atoms with Gasteiger partial charge < -0.3 is 10.2 Å². The maximum Gasteiger partial charge on any atom is 0.334 e. The Kier molecular flexibility index (Phi) is 9.01. The van der Waals surface area contributed by atoms with Crippen LogP contribution in [0.15, 0.2) is 12.3 Å². The molecule has 0 rings (SSSR count). The molecule has 0 spiro atoms. The van der Waals surface area contributed by atoms with Crippen molar-refractivity contribution in [3.05, 3.63) is 32.5 Å². The average Bonchev–Trinajstić information content (AvgIpc) is 2.12. The lowest BCUT2D eigenvalue weighted by molar-refractivity contribution is -0.478. The molecular formula is C6H8N2O8. The molecule has 0 bridgehead atoms. The van der Waals surface area contributed by atoms with Crippen molar-refractivity contribution in [2.45, 2.75) is 6.42 Å². The molecule has 0 aliphatic carbocycles. The van der Waals surface area contributed by atoms with Gasteiger partial charge in [-0.15, -0.1) is 0 Å². The molecule has 0 aromatic carbocycles. The summed E-state index contributed by atoms with van der Waals surface area (Å²) in [5, 5.41) is 34.4. The van der Waals surface area contributed by atoms with E-state index < -0.39 is 34.8 Å². The first-order valence-electron chi connectivity index (χ1n) is 3.64. The van der Waals surface area contributed by atoms with Crippen LogP contribution in [0.2, 0.25) is 0 Å². The van der Waals surface area contributed by atoms with Crippen LogP contribution in [0, 0.1) is 20.2 Å². The van der Waals surface area contributed by atoms with Gasteiger partial charge in [0.05, 0.1) is 11.0 Å². The summed E-state index contributed by atoms with van der Waals surface area (Å²) in [6.45, 7) is -0.491. The van der Waals surface area contributed by atoms with E-state index in [0.29, 0.717) is 12.3 Å². The number of aliphatic carboxylic acids is 2. The van der Waals surface area contributed by atoms with Crippen LogP contribution in [0.25, 0.3) is 0 Å². The SMILES string of the molecule is O=C(O)/C=C/[N+](=O)[O-].O=C(O)CC[N+](=O)[O-]. The fourth-order valence-corrected chi connectivity index (χ4v) is 0.312. The third-order valence-electron chi connectivity index (χ3n) is 0.847. The Morgan fingerprint density at radius 2 is 1.69 bits per heavy atom. The van der Waals surface area contributed by atoms with E-state index >= 15 is 0 Å². The van der Waals surface area contributed by atoms with Crippen molar-refractivity contribution in [2.75, 3.05) is 6.54 Å². The van der Waals surface area contributed by atoms with Gasteiger partial charge in [0, 0.05) is 4.92 Å². The largest absolute Gasteiger partial charge is 0.481 e. The Labute approximate surface area is 88.1 Å². The van der Waals surface area contributed by atoms with Crippen molar-refractivity contribution in [3.63, 3.8) is 0 Å². The quantitative estimate of drug-likeness (QED) is 0.370. The van der Waals surface area contributed by atoms with E-state index in [2.05, 4.69) is 0 Å². The molecule has 0 saturated heterocycles. The predicted octanol–water partition coefficient (Wildman–Crippen LogP) is -0.401. The number of carboxylic acids is 2. The molecule has 0 atom stereocenters. The zero-order valence-corrected chi connectivity index (χ0v) is 7.81. The Bertz CT molecular complexity index is 280. The minimum absolute atomic E-state index is 0.363. The second-order valence-corrected chi connectivity index (χ2v) is 2.14. The minimum Gasteiger partial charge on any atom is -0.481 e. The zero-order chi connectivity index (χ0) is 13.1. The number of carbonyl (C=O) groups is 2. The molecule has 0 radical (unpaired) electrons. The third-order valence-corrected chi connectivity index (χ3v) is 0.847. The van der Waals surface area contributed by atoms with Crippen LogP contribution in [0.1, 0.15) is 6.42 Å². The second-order valence-electron chi connectivity index (χ2n) is 2.14. The van der Waals surface area contributed by atoms with Gasteiger partial charge in [0.15, 0.2) is 0 Å². The molecule has 10 heteroatoms. The Morgan fingerprint density at radius 1 is 1.19 bits per heavy atom. The summed E-state index contributed by atoms with van der Waals surface area (Å²) in [4.78, 5) is 36.4. The molecule has 16 heavy (non-hydrogen) atoms. The fourth-order valence-electron chi connectivity index (χ4n) is 0.312. The Hall–Kier alpha value is -2.52. The molecule has 0 fully saturated rings. The van der Waals surface area contributed by atoms with Gasteiger partial charge in [-0.2, -0.15) is 0 Å². The lowest BCUT2D eigenvalue weighted by atomic mass is 10.4. The van der Waals surface area contributed by atoms with E-state index in [4.69, 9.17) is 10.2 Å². The molecule has 0 aromatic rings. The number of carboxylic acid groups (broad SMARTS) is 2. The first-order chi connectivity index (χ1) is 7.25. The Balaban J connectivity index is 0. The summed E-state index contributed by atoms with van der Waals surface area (Å²) in [5.41, 5.74) is 0. The van der Waals surface area contributed by atoms with Gasteiger partial charge in [0.25, 0.3) is 0 Å². The second kappa shape index (κ2) is 9.05. The maximum absolute atomic E-state index is 9.60. The standard InChI is InChI=1S/C3H5NO4.C3H3NO4/c2*5-3(6)1-2-4(7)8/h1-2H2,(H,5,6);1-2H,(H,5,6)/b;2-1+. The number of hydrogen-bond acceptors (Lipinski definition) is 6. The summed E-state index contributed by atoms with van der Waals surface area (Å²) in [6.07, 6.45) is 0.426. The maximum atomic E-state index is 9.60. The van der Waals surface area contributed by atoms with E-state index in [1.807, 2.05) is 0 Å². The van der Waals surface area contributed by atoms with Crippen LogP contribution in [-0.4, -0.2) is 38.5 Å². The van der Waals surface area contributed by atoms with E-state index in [1.165, 1.54) is 0 Å². The topological polar surface area (TPSA) is 161 Å². The number of rotatable bonds is 5. The number of nitro groups is 2. The molecule has 0 heterocycles. The summed E-state index contributed by atoms with van der Waals surface area (Å²) >= 11 is 0. The fraction of sp³-hybridized carbons (Fsp3) is 0.333. The molecule has 0 saturated carbocycles. The van der Waals surface area contributed by atoms with Crippen LogP contribution in [0.5, 0.6) is 0 Å². The highest BCUT2D eigenvalue weighted by molar-refractivity contribution is 5.79. The minimum atomic E-state index is -1.32. The van der Waals surface area contributed by atoms with Gasteiger partial charge in [-0.3, -0.25) is 25.0 Å². The van der Waals surface area contributed by atoms with Crippen LogP contribution in [-0.2, 0) is 9.59 Å². The molecule has 0 amide bonds. The molecule has 2 N–H and O–H groups in total. The van der Waals surface area contributed by atoms with Crippen molar-refractivity contribution in [2.24, 2.45) is 0 Å². The van der Waals surface area contributed by atoms with Crippen LogP contribution in [0.4, 0.5) is 0 Å². The van der Waals surface area contributed by atoms with Crippen LogP contribution in [0.3, 0.4) is 0 Å². The van der Waals surface area contributed by atoms with Gasteiger partial charge in [0.2, 0.25) is 12.7 Å². The Morgan fingerprint density at radius 3 is 1.81 bits per heavy atom. The molecule has 0 aliphatic rings. The van der Waals surface area contributed by atoms with Crippen molar-refractivity contribution in [1.82, 2.24) is 0 Å². The van der Waals surface area contributed by atoms with Gasteiger partial charge in [-0.25, -0.2) is 4.79 Å². The number of nitrogens with zero attached hydrogens (tertiary/aromatic N) is 2. The lowest BCUT2D eigenvalue weighted by Crippen LogP contribution is -2.06. The average molecular weight is 236 g/mol. The molecular weight excluding hydrogens is 228 g/mol. The monoisotopic (exact) mass is 236 g/mol. The van der Waals surface area contributed by atoms with E-state index in [-0.39, 0.29) is 0 Å². The predicted molar refractivity (Wildman–Crippen MR) is 47.9 cm³/mol. The molecule has 0 unspecified atom stereocenters. The van der Waals surface area contributed by atoms with E-state index in [0.717, 1.165) is 0 Å². The third kappa shape index (κ3) is 22.5. The first kappa shape index (κ1) is 15.9.